The van der Waals surface area contributed by atoms with E-state index in [1.54, 1.807) is 47.1 Å². The van der Waals surface area contributed by atoms with Gasteiger partial charge in [0.1, 0.15) is 15.6 Å². The van der Waals surface area contributed by atoms with Crippen molar-refractivity contribution in [2.24, 2.45) is 5.92 Å². The quantitative estimate of drug-likeness (QED) is 0.394. The Morgan fingerprint density at radius 2 is 1.93 bits per heavy atom. The van der Waals surface area contributed by atoms with Gasteiger partial charge in [-0.05, 0) is 57.0 Å². The van der Waals surface area contributed by atoms with Crippen molar-refractivity contribution in [3.63, 3.8) is 0 Å². The third-order valence-corrected chi connectivity index (χ3v) is 11.0. The van der Waals surface area contributed by atoms with Crippen LogP contribution >= 0.6 is 11.8 Å². The number of carbonyl (C=O) groups is 3. The Balaban J connectivity index is 1.18. The van der Waals surface area contributed by atoms with Crippen LogP contribution in [0.3, 0.4) is 0 Å². The van der Waals surface area contributed by atoms with Crippen LogP contribution in [0.2, 0.25) is 0 Å². The number of halogens is 1. The van der Waals surface area contributed by atoms with Crippen molar-refractivity contribution in [2.75, 3.05) is 36.5 Å². The van der Waals surface area contributed by atoms with Crippen molar-refractivity contribution in [3.05, 3.63) is 64.4 Å². The second-order valence-corrected chi connectivity index (χ2v) is 15.3. The Morgan fingerprint density at radius 1 is 1.16 bits per heavy atom. The molecule has 3 unspecified atom stereocenters. The van der Waals surface area contributed by atoms with E-state index < -0.39 is 21.7 Å². The van der Waals surface area contributed by atoms with E-state index >= 15 is 4.39 Å². The maximum atomic E-state index is 15.6. The Bertz CT molecular complexity index is 1650. The molecule has 4 aliphatic heterocycles. The topological polar surface area (TPSA) is 137 Å². The number of likely N-dealkylation sites (tertiary alicyclic amines) is 1. The summed E-state index contributed by atoms with van der Waals surface area (Å²) in [6.07, 6.45) is 2.99. The molecule has 4 amide bonds. The number of benzene rings is 2. The van der Waals surface area contributed by atoms with Gasteiger partial charge in [-0.2, -0.15) is 0 Å². The van der Waals surface area contributed by atoms with Gasteiger partial charge in [0.15, 0.2) is 11.6 Å². The van der Waals surface area contributed by atoms with Gasteiger partial charge in [-0.25, -0.2) is 17.6 Å². The number of amides is 4. The zero-order valence-corrected chi connectivity index (χ0v) is 26.7. The Hall–Kier alpha value is -3.62. The molecule has 4 heterocycles. The first-order valence-corrected chi connectivity index (χ1v) is 18.0. The van der Waals surface area contributed by atoms with Crippen molar-refractivity contribution in [3.8, 4) is 11.5 Å². The molecule has 3 fully saturated rings. The Labute approximate surface area is 265 Å². The largest absolute Gasteiger partial charge is 0.454 e. The minimum Gasteiger partial charge on any atom is -0.454 e. The highest BCUT2D eigenvalue weighted by Gasteiger charge is 2.52. The van der Waals surface area contributed by atoms with Gasteiger partial charge in [0.05, 0.1) is 27.8 Å². The smallest absolute Gasteiger partial charge is 0.326 e. The lowest BCUT2D eigenvalue weighted by Crippen LogP contribution is -2.62. The summed E-state index contributed by atoms with van der Waals surface area (Å²) in [5, 5.41) is 9.30. The summed E-state index contributed by atoms with van der Waals surface area (Å²) in [4.78, 5) is 43.5. The van der Waals surface area contributed by atoms with Crippen LogP contribution in [0, 0.1) is 18.7 Å². The normalized spacial score (nSPS) is 24.6. The number of ether oxygens (including phenoxy) is 1. The van der Waals surface area contributed by atoms with Gasteiger partial charge in [0, 0.05) is 49.0 Å². The number of piperidine rings is 2. The standard InChI is InChI=1S/C31H36FN5O6S2/c1-18-21(10-11-23(26(18)32)43-20-8-4-3-5-9-20)37-22-12-14-33-30-25(22)27(35-31(37)40)28(44-30)29(39)34-19-7-6-15-36(17-19)24(38)13-16-45(2,41)42/h3-5,8-11,19,22,25,30,33H,6-7,12-17H2,1-2H3,(H,34,39)(H,35,40)/t19-,22?,25?,30?/m1/s1. The number of para-hydroxylation sites is 1. The highest BCUT2D eigenvalue weighted by atomic mass is 32.2. The highest BCUT2D eigenvalue weighted by molar-refractivity contribution is 8.04. The van der Waals surface area contributed by atoms with Gasteiger partial charge in [0.2, 0.25) is 5.91 Å². The van der Waals surface area contributed by atoms with E-state index in [1.165, 1.54) is 17.8 Å². The zero-order chi connectivity index (χ0) is 31.9. The lowest BCUT2D eigenvalue weighted by atomic mass is 9.86. The highest BCUT2D eigenvalue weighted by Crippen LogP contribution is 2.48. The van der Waals surface area contributed by atoms with Crippen LogP contribution < -0.4 is 25.6 Å². The van der Waals surface area contributed by atoms with Crippen molar-refractivity contribution in [2.45, 2.75) is 50.1 Å². The van der Waals surface area contributed by atoms with Crippen molar-refractivity contribution < 1.29 is 31.9 Å². The first-order chi connectivity index (χ1) is 21.5. The molecule has 0 bridgehead atoms. The molecular weight excluding hydrogens is 622 g/mol. The van der Waals surface area contributed by atoms with Crippen molar-refractivity contribution >= 4 is 45.1 Å². The minimum absolute atomic E-state index is 0.0670. The van der Waals surface area contributed by atoms with Crippen LogP contribution in [0.5, 0.6) is 11.5 Å². The molecule has 3 saturated heterocycles. The molecule has 4 aliphatic rings. The summed E-state index contributed by atoms with van der Waals surface area (Å²) in [6, 6.07) is 11.1. The average Bonchev–Trinajstić information content (AvgIpc) is 3.39. The summed E-state index contributed by atoms with van der Waals surface area (Å²) in [6.45, 7) is 3.05. The van der Waals surface area contributed by atoms with Crippen molar-refractivity contribution in [1.82, 2.24) is 20.9 Å². The van der Waals surface area contributed by atoms with Crippen LogP contribution in [0.1, 0.15) is 31.2 Å². The lowest BCUT2D eigenvalue weighted by molar-refractivity contribution is -0.132. The number of anilines is 1. The number of thioether (sulfide) groups is 1. The molecule has 2 aromatic carbocycles. The fourth-order valence-corrected chi connectivity index (χ4v) is 8.46. The second-order valence-electron chi connectivity index (χ2n) is 11.9. The Kier molecular flexibility index (Phi) is 8.81. The van der Waals surface area contributed by atoms with Gasteiger partial charge in [-0.15, -0.1) is 0 Å². The number of nitrogens with zero attached hydrogens (tertiary/aromatic N) is 2. The molecule has 14 heteroatoms. The molecule has 0 spiro atoms. The number of nitrogens with one attached hydrogen (secondary N) is 3. The van der Waals surface area contributed by atoms with Gasteiger partial charge in [-0.1, -0.05) is 30.0 Å². The summed E-state index contributed by atoms with van der Waals surface area (Å²) < 4.78 is 44.3. The molecule has 4 atom stereocenters. The maximum Gasteiger partial charge on any atom is 0.326 e. The monoisotopic (exact) mass is 657 g/mol. The molecule has 0 aliphatic carbocycles. The molecular formula is C31H36FN5O6S2. The van der Waals surface area contributed by atoms with Crippen LogP contribution in [-0.2, 0) is 19.4 Å². The van der Waals surface area contributed by atoms with E-state index in [9.17, 15) is 22.8 Å². The summed E-state index contributed by atoms with van der Waals surface area (Å²) in [7, 11) is -3.26. The van der Waals surface area contributed by atoms with E-state index in [0.717, 1.165) is 6.26 Å². The number of urea groups is 1. The minimum atomic E-state index is -3.26. The number of rotatable bonds is 8. The van der Waals surface area contributed by atoms with E-state index in [2.05, 4.69) is 16.0 Å². The molecule has 6 rings (SSSR count). The third kappa shape index (κ3) is 6.54. The SMILES string of the molecule is Cc1c(N2C(=O)NC3=C(C(=O)N[C@@H]4CCCN(C(=O)CCS(C)(=O)=O)C4)SC4NCCC2C34)ccc(Oc2ccccc2)c1F. The summed E-state index contributed by atoms with van der Waals surface area (Å²) >= 11 is 1.37. The number of sulfone groups is 1. The molecule has 0 radical (unpaired) electrons. The molecule has 240 valence electrons. The fourth-order valence-electron chi connectivity index (χ4n) is 6.51. The van der Waals surface area contributed by atoms with Crippen LogP contribution in [0.4, 0.5) is 14.9 Å². The van der Waals surface area contributed by atoms with Gasteiger partial charge >= 0.3 is 6.03 Å². The average molecular weight is 658 g/mol. The molecule has 0 saturated carbocycles. The first kappa shape index (κ1) is 31.4. The fraction of sp³-hybridized carbons (Fsp3) is 0.452. The third-order valence-electron chi connectivity index (χ3n) is 8.70. The zero-order valence-electron chi connectivity index (χ0n) is 25.0. The summed E-state index contributed by atoms with van der Waals surface area (Å²) in [5.41, 5.74) is 1.29. The van der Waals surface area contributed by atoms with Crippen LogP contribution in [0.25, 0.3) is 0 Å². The number of carbonyl (C=O) groups excluding carboxylic acids is 3. The van der Waals surface area contributed by atoms with Crippen molar-refractivity contribution in [1.29, 1.82) is 0 Å². The van der Waals surface area contributed by atoms with Crippen LogP contribution in [-0.4, -0.2) is 80.3 Å². The summed E-state index contributed by atoms with van der Waals surface area (Å²) in [5.74, 6) is -0.976. The van der Waals surface area contributed by atoms with E-state index in [-0.39, 0.29) is 58.7 Å². The predicted molar refractivity (Wildman–Crippen MR) is 169 cm³/mol. The molecule has 45 heavy (non-hydrogen) atoms. The maximum absolute atomic E-state index is 15.6. The molecule has 0 aromatic heterocycles. The van der Waals surface area contributed by atoms with E-state index in [1.807, 2.05) is 6.07 Å². The van der Waals surface area contributed by atoms with Gasteiger partial charge in [-0.3, -0.25) is 14.5 Å². The number of hydrogen-bond acceptors (Lipinski definition) is 8. The predicted octanol–water partition coefficient (Wildman–Crippen LogP) is 3.26. The Morgan fingerprint density at radius 3 is 2.69 bits per heavy atom. The van der Waals surface area contributed by atoms with Crippen LogP contribution in [0.15, 0.2) is 53.1 Å². The molecule has 3 N–H and O–H groups in total. The van der Waals surface area contributed by atoms with Gasteiger partial charge < -0.3 is 25.6 Å². The lowest BCUT2D eigenvalue weighted by Gasteiger charge is -2.46. The molecule has 11 nitrogen and oxygen atoms in total. The van der Waals surface area contributed by atoms with E-state index in [4.69, 9.17) is 4.74 Å². The van der Waals surface area contributed by atoms with Gasteiger partial charge in [0.25, 0.3) is 5.91 Å². The van der Waals surface area contributed by atoms with E-state index in [0.29, 0.717) is 60.9 Å². The second kappa shape index (κ2) is 12.6. The molecule has 2 aromatic rings. The number of hydrogen-bond donors (Lipinski definition) is 3. The first-order valence-electron chi connectivity index (χ1n) is 15.0.